The molecule has 0 radical (unpaired) electrons. The molecule has 0 bridgehead atoms. The molecule has 0 heterocycles. The number of nitrogens with two attached hydrogens (primary N) is 1. The third-order valence-corrected chi connectivity index (χ3v) is 1.36. The SMILES string of the molecule is [13CH3]SC[C@H](N)C(=O)O. The minimum Gasteiger partial charge on any atom is -0.480 e. The standard InChI is InChI=1S/C4H9NO2S/c1-8-2-3(5)4(6)7/h3H,2,5H2,1H3,(H,6,7)/t3-/m0/s1/i1+1. The van der Waals surface area contributed by atoms with E-state index in [4.69, 9.17) is 10.8 Å². The first-order valence-corrected chi connectivity index (χ1v) is 3.55. The lowest BCUT2D eigenvalue weighted by molar-refractivity contribution is -0.137. The molecule has 3 N–H and O–H groups in total. The first kappa shape index (κ1) is 7.78. The maximum absolute atomic E-state index is 9.95. The highest BCUT2D eigenvalue weighted by Crippen LogP contribution is 1.93. The van der Waals surface area contributed by atoms with E-state index in [2.05, 4.69) is 0 Å². The van der Waals surface area contributed by atoms with Crippen LogP contribution in [0.25, 0.3) is 0 Å². The van der Waals surface area contributed by atoms with Gasteiger partial charge in [0.25, 0.3) is 0 Å². The largest absolute Gasteiger partial charge is 0.480 e. The Labute approximate surface area is 52.3 Å². The van der Waals surface area contributed by atoms with Crippen molar-refractivity contribution in [2.45, 2.75) is 6.04 Å². The summed E-state index contributed by atoms with van der Waals surface area (Å²) in [6.07, 6.45) is 1.82. The molecule has 0 aliphatic rings. The lowest BCUT2D eigenvalue weighted by atomic mass is 10.4. The Morgan fingerprint density at radius 3 is 2.62 bits per heavy atom. The predicted octanol–water partition coefficient (Wildman–Crippen LogP) is -0.239. The Hall–Kier alpha value is -0.220. The summed E-state index contributed by atoms with van der Waals surface area (Å²) in [5, 5.41) is 8.17. The number of carboxylic acid groups (broad SMARTS) is 1. The second-order valence-electron chi connectivity index (χ2n) is 1.40. The number of thioether (sulfide) groups is 1. The maximum Gasteiger partial charge on any atom is 0.321 e. The summed E-state index contributed by atoms with van der Waals surface area (Å²) in [5.41, 5.74) is 5.11. The first-order chi connectivity index (χ1) is 3.68. The molecule has 0 saturated heterocycles. The number of carboxylic acids is 1. The summed E-state index contributed by atoms with van der Waals surface area (Å²) < 4.78 is 0. The molecule has 4 heteroatoms. The second kappa shape index (κ2) is 3.74. The molecule has 0 aromatic heterocycles. The van der Waals surface area contributed by atoms with E-state index >= 15 is 0 Å². The number of rotatable bonds is 3. The van der Waals surface area contributed by atoms with Crippen molar-refractivity contribution < 1.29 is 9.90 Å². The van der Waals surface area contributed by atoms with E-state index in [1.54, 1.807) is 0 Å². The van der Waals surface area contributed by atoms with E-state index in [1.165, 1.54) is 11.8 Å². The van der Waals surface area contributed by atoms with Gasteiger partial charge in [0, 0.05) is 5.75 Å². The second-order valence-corrected chi connectivity index (χ2v) is 2.31. The third kappa shape index (κ3) is 2.87. The van der Waals surface area contributed by atoms with Crippen LogP contribution in [0, 0.1) is 0 Å². The topological polar surface area (TPSA) is 63.3 Å². The number of hydrogen-bond donors (Lipinski definition) is 2. The highest BCUT2D eigenvalue weighted by atomic mass is 32.2. The zero-order valence-corrected chi connectivity index (χ0v) is 5.44. The van der Waals surface area contributed by atoms with E-state index in [9.17, 15) is 4.79 Å². The molecular weight excluding hydrogens is 127 g/mol. The van der Waals surface area contributed by atoms with E-state index in [-0.39, 0.29) is 0 Å². The van der Waals surface area contributed by atoms with E-state index < -0.39 is 12.0 Å². The van der Waals surface area contributed by atoms with Gasteiger partial charge in [-0.2, -0.15) is 11.8 Å². The molecule has 48 valence electrons. The lowest BCUT2D eigenvalue weighted by Gasteiger charge is -2.00. The Morgan fingerprint density at radius 2 is 2.50 bits per heavy atom. The molecule has 0 unspecified atom stereocenters. The van der Waals surface area contributed by atoms with Gasteiger partial charge in [-0.25, -0.2) is 0 Å². The Balaban J connectivity index is 3.32. The molecule has 0 fully saturated rings. The monoisotopic (exact) mass is 136 g/mol. The molecule has 0 spiro atoms. The van der Waals surface area contributed by atoms with E-state index in [0.717, 1.165) is 0 Å². The molecule has 3 nitrogen and oxygen atoms in total. The number of aliphatic carboxylic acids is 1. The Bertz CT molecular complexity index is 86.1. The minimum atomic E-state index is -0.931. The fourth-order valence-electron chi connectivity index (χ4n) is 0.251. The average molecular weight is 136 g/mol. The van der Waals surface area contributed by atoms with Crippen LogP contribution in [0.5, 0.6) is 0 Å². The summed E-state index contributed by atoms with van der Waals surface area (Å²) >= 11 is 1.43. The predicted molar refractivity (Wildman–Crippen MR) is 34.0 cm³/mol. The van der Waals surface area contributed by atoms with Crippen LogP contribution in [0.4, 0.5) is 0 Å². The van der Waals surface area contributed by atoms with Gasteiger partial charge in [0.15, 0.2) is 0 Å². The van der Waals surface area contributed by atoms with Crippen LogP contribution in [0.15, 0.2) is 0 Å². The van der Waals surface area contributed by atoms with Crippen molar-refractivity contribution >= 4 is 17.7 Å². The Morgan fingerprint density at radius 1 is 2.00 bits per heavy atom. The fraction of sp³-hybridized carbons (Fsp3) is 0.750. The van der Waals surface area contributed by atoms with Gasteiger partial charge < -0.3 is 10.8 Å². The van der Waals surface area contributed by atoms with Crippen LogP contribution in [0.3, 0.4) is 0 Å². The first-order valence-electron chi connectivity index (χ1n) is 2.15. The molecule has 0 rings (SSSR count). The molecule has 0 aliphatic heterocycles. The quantitative estimate of drug-likeness (QED) is 0.526. The smallest absolute Gasteiger partial charge is 0.321 e. The average Bonchev–Trinajstić information content (AvgIpc) is 1.67. The highest BCUT2D eigenvalue weighted by molar-refractivity contribution is 7.98. The summed E-state index contributed by atoms with van der Waals surface area (Å²) in [4.78, 5) is 9.95. The molecular formula is C4H9NO2S. The summed E-state index contributed by atoms with van der Waals surface area (Å²) in [7, 11) is 0. The summed E-state index contributed by atoms with van der Waals surface area (Å²) in [5.74, 6) is -0.450. The molecule has 0 aliphatic carbocycles. The van der Waals surface area contributed by atoms with Crippen LogP contribution < -0.4 is 5.73 Å². The number of hydrogen-bond acceptors (Lipinski definition) is 3. The number of carbonyl (C=O) groups is 1. The van der Waals surface area contributed by atoms with Gasteiger partial charge >= 0.3 is 5.97 Å². The van der Waals surface area contributed by atoms with Crippen molar-refractivity contribution in [1.29, 1.82) is 0 Å². The van der Waals surface area contributed by atoms with Crippen LogP contribution in [0.2, 0.25) is 0 Å². The van der Waals surface area contributed by atoms with Crippen molar-refractivity contribution in [2.75, 3.05) is 12.0 Å². The molecule has 0 amide bonds. The van der Waals surface area contributed by atoms with Gasteiger partial charge in [-0.1, -0.05) is 0 Å². The van der Waals surface area contributed by atoms with E-state index in [1.807, 2.05) is 6.26 Å². The van der Waals surface area contributed by atoms with Crippen molar-refractivity contribution in [2.24, 2.45) is 5.73 Å². The fourth-order valence-corrected chi connectivity index (χ4v) is 0.753. The van der Waals surface area contributed by atoms with Crippen molar-refractivity contribution in [3.8, 4) is 0 Å². The van der Waals surface area contributed by atoms with Crippen LogP contribution in [-0.2, 0) is 4.79 Å². The third-order valence-electron chi connectivity index (χ3n) is 0.663. The molecule has 0 saturated carbocycles. The maximum atomic E-state index is 9.95. The summed E-state index contributed by atoms with van der Waals surface area (Å²) in [6.45, 7) is 0. The van der Waals surface area contributed by atoms with Crippen LogP contribution in [0.1, 0.15) is 0 Å². The van der Waals surface area contributed by atoms with Crippen molar-refractivity contribution in [1.82, 2.24) is 0 Å². The highest BCUT2D eigenvalue weighted by Gasteiger charge is 2.08. The molecule has 1 atom stereocenters. The minimum absolute atomic E-state index is 0.481. The zero-order chi connectivity index (χ0) is 6.57. The van der Waals surface area contributed by atoms with Gasteiger partial charge in [-0.05, 0) is 6.26 Å². The normalized spacial score (nSPS) is 13.2. The van der Waals surface area contributed by atoms with Gasteiger partial charge in [-0.3, -0.25) is 4.79 Å². The summed E-state index contributed by atoms with van der Waals surface area (Å²) in [6, 6.07) is -0.704. The van der Waals surface area contributed by atoms with E-state index in [0.29, 0.717) is 5.75 Å². The van der Waals surface area contributed by atoms with Crippen molar-refractivity contribution in [3.05, 3.63) is 0 Å². The van der Waals surface area contributed by atoms with Gasteiger partial charge in [-0.15, -0.1) is 0 Å². The zero-order valence-electron chi connectivity index (χ0n) is 4.63. The Kier molecular flexibility index (Phi) is 3.64. The van der Waals surface area contributed by atoms with Crippen molar-refractivity contribution in [3.63, 3.8) is 0 Å². The molecule has 0 aromatic rings. The van der Waals surface area contributed by atoms with Crippen LogP contribution >= 0.6 is 11.8 Å². The molecule has 0 aromatic carbocycles. The van der Waals surface area contributed by atoms with Gasteiger partial charge in [0.1, 0.15) is 6.04 Å². The molecule has 8 heavy (non-hydrogen) atoms. The lowest BCUT2D eigenvalue weighted by Crippen LogP contribution is -2.32. The van der Waals surface area contributed by atoms with Gasteiger partial charge in [0.05, 0.1) is 0 Å². The van der Waals surface area contributed by atoms with Crippen LogP contribution in [-0.4, -0.2) is 29.1 Å². The van der Waals surface area contributed by atoms with Gasteiger partial charge in [0.2, 0.25) is 0 Å².